The monoisotopic (exact) mass is 249 g/mol. The first-order valence-corrected chi connectivity index (χ1v) is 6.34. The first-order chi connectivity index (χ1) is 8.47. The van der Waals surface area contributed by atoms with Gasteiger partial charge in [0.2, 0.25) is 0 Å². The van der Waals surface area contributed by atoms with E-state index in [1.807, 2.05) is 46.8 Å². The zero-order chi connectivity index (χ0) is 14.1. The zero-order valence-corrected chi connectivity index (χ0v) is 12.2. The summed E-state index contributed by atoms with van der Waals surface area (Å²) >= 11 is 0. The Bertz CT molecular complexity index is 409. The number of allylic oxidation sites excluding steroid dienone is 7. The second-order valence-electron chi connectivity index (χ2n) is 4.25. The summed E-state index contributed by atoms with van der Waals surface area (Å²) in [6.07, 6.45) is 6.73. The molecule has 0 aliphatic heterocycles. The molecule has 0 amide bonds. The average Bonchev–Trinajstić information content (AvgIpc) is 2.36. The minimum Gasteiger partial charge on any atom is -0.255 e. The molecule has 0 bridgehead atoms. The molecule has 0 unspecified atom stereocenters. The molecule has 0 spiro atoms. The van der Waals surface area contributed by atoms with Gasteiger partial charge in [-0.15, -0.1) is 0 Å². The first-order valence-electron chi connectivity index (χ1n) is 6.34. The maximum atomic E-state index is 13.6. The van der Waals surface area contributed by atoms with E-state index in [0.29, 0.717) is 12.1 Å². The summed E-state index contributed by atoms with van der Waals surface area (Å²) in [5.41, 5.74) is 3.57. The second kappa shape index (κ2) is 8.62. The van der Waals surface area contributed by atoms with E-state index in [-0.39, 0.29) is 5.83 Å². The van der Waals surface area contributed by atoms with Crippen molar-refractivity contribution in [1.82, 2.24) is 0 Å². The summed E-state index contributed by atoms with van der Waals surface area (Å²) in [5.74, 6) is -0.326. The number of nitrogens with zero attached hydrogens (tertiary/aromatic N) is 1. The van der Waals surface area contributed by atoms with E-state index in [1.165, 1.54) is 6.08 Å². The standard InChI is InChI=1S/C16H24FN/c1-7-10-12(4)13(5)14(6)18-16(11-8-2)15(17)9-3/h7,9-10H,3,8,11H2,1-2,4-6H3/b10-7+,13-12-,16-15-,18-14-. The molecule has 0 aliphatic carbocycles. The van der Waals surface area contributed by atoms with E-state index >= 15 is 0 Å². The molecule has 1 nitrogen and oxygen atoms in total. The van der Waals surface area contributed by atoms with Crippen molar-refractivity contribution < 1.29 is 4.39 Å². The van der Waals surface area contributed by atoms with Crippen LogP contribution in [0.1, 0.15) is 47.5 Å². The van der Waals surface area contributed by atoms with Crippen molar-refractivity contribution in [1.29, 1.82) is 0 Å². The van der Waals surface area contributed by atoms with Crippen LogP contribution in [-0.4, -0.2) is 5.71 Å². The van der Waals surface area contributed by atoms with Crippen LogP contribution in [-0.2, 0) is 0 Å². The van der Waals surface area contributed by atoms with Crippen LogP contribution in [0.4, 0.5) is 4.39 Å². The molecule has 0 aromatic carbocycles. The molecule has 0 fully saturated rings. The third-order valence-electron chi connectivity index (χ3n) is 2.80. The van der Waals surface area contributed by atoms with Crippen molar-refractivity contribution in [3.63, 3.8) is 0 Å². The Morgan fingerprint density at radius 1 is 1.28 bits per heavy atom. The lowest BCUT2D eigenvalue weighted by Crippen LogP contribution is -1.98. The normalized spacial score (nSPS) is 15.6. The molecule has 0 aliphatic rings. The van der Waals surface area contributed by atoms with Gasteiger partial charge in [-0.25, -0.2) is 4.39 Å². The Morgan fingerprint density at radius 2 is 1.89 bits per heavy atom. The largest absolute Gasteiger partial charge is 0.255 e. The molecule has 2 heteroatoms. The predicted molar refractivity (Wildman–Crippen MR) is 79.5 cm³/mol. The number of aliphatic imine (C=N–C) groups is 1. The van der Waals surface area contributed by atoms with E-state index in [2.05, 4.69) is 11.6 Å². The van der Waals surface area contributed by atoms with Gasteiger partial charge in [-0.2, -0.15) is 0 Å². The van der Waals surface area contributed by atoms with E-state index in [4.69, 9.17) is 0 Å². The lowest BCUT2D eigenvalue weighted by atomic mass is 10.1. The van der Waals surface area contributed by atoms with Crippen LogP contribution < -0.4 is 0 Å². The summed E-state index contributed by atoms with van der Waals surface area (Å²) < 4.78 is 13.6. The van der Waals surface area contributed by atoms with Gasteiger partial charge in [0.1, 0.15) is 5.83 Å². The SMILES string of the molecule is C=C/C(F)=C(CCC)/N=C(C)\C(C)=C(C)/C=C/C. The topological polar surface area (TPSA) is 12.4 Å². The van der Waals surface area contributed by atoms with Crippen LogP contribution in [0.3, 0.4) is 0 Å². The second-order valence-corrected chi connectivity index (χ2v) is 4.25. The van der Waals surface area contributed by atoms with E-state index < -0.39 is 0 Å². The van der Waals surface area contributed by atoms with Crippen molar-refractivity contribution in [2.45, 2.75) is 47.5 Å². The quantitative estimate of drug-likeness (QED) is 0.433. The third-order valence-corrected chi connectivity index (χ3v) is 2.80. The molecular weight excluding hydrogens is 225 g/mol. The van der Waals surface area contributed by atoms with Gasteiger partial charge < -0.3 is 0 Å². The van der Waals surface area contributed by atoms with Crippen LogP contribution in [0.5, 0.6) is 0 Å². The molecule has 0 heterocycles. The third kappa shape index (κ3) is 5.26. The molecule has 0 saturated heterocycles. The minimum atomic E-state index is -0.326. The molecule has 0 N–H and O–H groups in total. The van der Waals surface area contributed by atoms with E-state index in [9.17, 15) is 4.39 Å². The minimum absolute atomic E-state index is 0.326. The Morgan fingerprint density at radius 3 is 2.33 bits per heavy atom. The van der Waals surface area contributed by atoms with Crippen molar-refractivity contribution in [2.24, 2.45) is 4.99 Å². The number of rotatable bonds is 6. The molecule has 0 atom stereocenters. The number of hydrogen-bond donors (Lipinski definition) is 0. The smallest absolute Gasteiger partial charge is 0.144 e. The highest BCUT2D eigenvalue weighted by Gasteiger charge is 2.04. The van der Waals surface area contributed by atoms with Crippen LogP contribution in [0.2, 0.25) is 0 Å². The molecular formula is C16H24FN. The van der Waals surface area contributed by atoms with Crippen molar-refractivity contribution in [3.05, 3.63) is 47.5 Å². The Labute approximate surface area is 111 Å². The molecule has 0 aromatic heterocycles. The highest BCUT2D eigenvalue weighted by molar-refractivity contribution is 5.99. The molecule has 100 valence electrons. The van der Waals surface area contributed by atoms with Gasteiger partial charge in [0.05, 0.1) is 5.70 Å². The Kier molecular flexibility index (Phi) is 7.93. The maximum Gasteiger partial charge on any atom is 0.144 e. The Balaban J connectivity index is 5.40. The molecule has 0 radical (unpaired) electrons. The molecule has 0 saturated carbocycles. The van der Waals surface area contributed by atoms with Gasteiger partial charge in [-0.1, -0.05) is 32.1 Å². The van der Waals surface area contributed by atoms with Gasteiger partial charge in [0.15, 0.2) is 0 Å². The summed E-state index contributed by atoms with van der Waals surface area (Å²) in [6, 6.07) is 0. The van der Waals surface area contributed by atoms with Crippen LogP contribution in [0.25, 0.3) is 0 Å². The maximum absolute atomic E-state index is 13.6. The fourth-order valence-corrected chi connectivity index (χ4v) is 1.53. The van der Waals surface area contributed by atoms with Crippen LogP contribution >= 0.6 is 0 Å². The first kappa shape index (κ1) is 16.6. The van der Waals surface area contributed by atoms with Gasteiger partial charge in [-0.05, 0) is 51.3 Å². The Hall–Kier alpha value is -1.44. The van der Waals surface area contributed by atoms with Crippen molar-refractivity contribution in [3.8, 4) is 0 Å². The lowest BCUT2D eigenvalue weighted by molar-refractivity contribution is 0.640. The predicted octanol–water partition coefficient (Wildman–Crippen LogP) is 5.53. The highest BCUT2D eigenvalue weighted by atomic mass is 19.1. The summed E-state index contributed by atoms with van der Waals surface area (Å²) in [5, 5.41) is 0. The summed E-state index contributed by atoms with van der Waals surface area (Å²) in [4.78, 5) is 4.40. The van der Waals surface area contributed by atoms with E-state index in [1.54, 1.807) is 0 Å². The summed E-state index contributed by atoms with van der Waals surface area (Å²) in [7, 11) is 0. The zero-order valence-electron chi connectivity index (χ0n) is 12.2. The van der Waals surface area contributed by atoms with E-state index in [0.717, 1.165) is 23.3 Å². The average molecular weight is 249 g/mol. The van der Waals surface area contributed by atoms with Gasteiger partial charge in [0, 0.05) is 5.71 Å². The van der Waals surface area contributed by atoms with Crippen LogP contribution in [0.15, 0.2) is 52.5 Å². The van der Waals surface area contributed by atoms with Gasteiger partial charge in [0.25, 0.3) is 0 Å². The van der Waals surface area contributed by atoms with Crippen molar-refractivity contribution in [2.75, 3.05) is 0 Å². The molecule has 0 aromatic rings. The number of hydrogen-bond acceptors (Lipinski definition) is 1. The van der Waals surface area contributed by atoms with Crippen LogP contribution in [0, 0.1) is 0 Å². The fraction of sp³-hybridized carbons (Fsp3) is 0.438. The lowest BCUT2D eigenvalue weighted by Gasteiger charge is -2.07. The van der Waals surface area contributed by atoms with Gasteiger partial charge >= 0.3 is 0 Å². The number of halogens is 1. The fourth-order valence-electron chi connectivity index (χ4n) is 1.53. The molecule has 18 heavy (non-hydrogen) atoms. The van der Waals surface area contributed by atoms with Gasteiger partial charge in [-0.3, -0.25) is 4.99 Å². The summed E-state index contributed by atoms with van der Waals surface area (Å²) in [6.45, 7) is 13.4. The highest BCUT2D eigenvalue weighted by Crippen LogP contribution is 2.17. The molecule has 0 rings (SSSR count). The van der Waals surface area contributed by atoms with Crippen molar-refractivity contribution >= 4 is 5.71 Å².